The molecular formula is C11H16N2O4S. The van der Waals surface area contributed by atoms with Crippen LogP contribution in [-0.4, -0.2) is 25.5 Å². The summed E-state index contributed by atoms with van der Waals surface area (Å²) in [5.41, 5.74) is 0.195. The Morgan fingerprint density at radius 1 is 1.33 bits per heavy atom. The second-order valence-electron chi connectivity index (χ2n) is 4.25. The van der Waals surface area contributed by atoms with Crippen molar-refractivity contribution < 1.29 is 18.3 Å². The van der Waals surface area contributed by atoms with Gasteiger partial charge in [-0.2, -0.15) is 0 Å². The summed E-state index contributed by atoms with van der Waals surface area (Å²) in [7, 11) is -3.89. The number of hydrogen-bond donors (Lipinski definition) is 3. The lowest BCUT2D eigenvalue weighted by Crippen LogP contribution is -2.35. The first-order chi connectivity index (χ1) is 8.23. The average molecular weight is 272 g/mol. The summed E-state index contributed by atoms with van der Waals surface area (Å²) in [6.07, 6.45) is 0. The molecule has 1 aromatic rings. The molecule has 1 atom stereocenters. The summed E-state index contributed by atoms with van der Waals surface area (Å²) < 4.78 is 22.7. The average Bonchev–Trinajstić information content (AvgIpc) is 2.24. The highest BCUT2D eigenvalue weighted by Crippen LogP contribution is 2.21. The number of nitrogens with two attached hydrogens (primary N) is 1. The molecule has 18 heavy (non-hydrogen) atoms. The van der Waals surface area contributed by atoms with Crippen LogP contribution in [0.15, 0.2) is 29.2 Å². The van der Waals surface area contributed by atoms with Gasteiger partial charge in [0.2, 0.25) is 10.0 Å². The Kier molecular flexibility index (Phi) is 4.31. The molecule has 0 aliphatic carbocycles. The smallest absolute Gasteiger partial charge is 0.326 e. The number of benzene rings is 1. The van der Waals surface area contributed by atoms with Gasteiger partial charge in [0, 0.05) is 0 Å². The zero-order valence-electron chi connectivity index (χ0n) is 10.1. The van der Waals surface area contributed by atoms with E-state index in [4.69, 9.17) is 10.2 Å². The molecule has 1 aromatic carbocycles. The maximum atomic E-state index is 11.4. The molecule has 0 aliphatic heterocycles. The normalized spacial score (nSPS) is 13.3. The number of nitrogens with one attached hydrogen (secondary N) is 1. The van der Waals surface area contributed by atoms with Gasteiger partial charge < -0.3 is 10.4 Å². The van der Waals surface area contributed by atoms with E-state index in [1.54, 1.807) is 19.9 Å². The van der Waals surface area contributed by atoms with Crippen LogP contribution in [0, 0.1) is 5.92 Å². The fourth-order valence-electron chi connectivity index (χ4n) is 1.52. The molecule has 0 fully saturated rings. The van der Waals surface area contributed by atoms with Gasteiger partial charge >= 0.3 is 5.97 Å². The first kappa shape index (κ1) is 14.5. The molecule has 100 valence electrons. The molecule has 0 spiro atoms. The van der Waals surface area contributed by atoms with Gasteiger partial charge in [0.05, 0.1) is 5.69 Å². The van der Waals surface area contributed by atoms with E-state index in [1.165, 1.54) is 18.2 Å². The van der Waals surface area contributed by atoms with Crippen molar-refractivity contribution >= 4 is 21.7 Å². The Labute approximate surface area is 106 Å². The van der Waals surface area contributed by atoms with Crippen LogP contribution in [0.2, 0.25) is 0 Å². The minimum atomic E-state index is -3.89. The zero-order chi connectivity index (χ0) is 13.9. The van der Waals surface area contributed by atoms with Crippen molar-refractivity contribution in [3.05, 3.63) is 24.3 Å². The van der Waals surface area contributed by atoms with Crippen molar-refractivity contribution in [2.75, 3.05) is 5.32 Å². The topological polar surface area (TPSA) is 109 Å². The van der Waals surface area contributed by atoms with E-state index in [0.29, 0.717) is 0 Å². The van der Waals surface area contributed by atoms with Gasteiger partial charge in [-0.15, -0.1) is 0 Å². The van der Waals surface area contributed by atoms with Crippen LogP contribution >= 0.6 is 0 Å². The largest absolute Gasteiger partial charge is 0.480 e. The number of primary sulfonamides is 1. The number of carboxylic acid groups (broad SMARTS) is 1. The Bertz CT molecular complexity index is 540. The molecule has 0 bridgehead atoms. The minimum absolute atomic E-state index is 0.114. The lowest BCUT2D eigenvalue weighted by Gasteiger charge is -2.20. The Morgan fingerprint density at radius 2 is 1.89 bits per heavy atom. The molecule has 1 rings (SSSR count). The molecule has 6 nitrogen and oxygen atoms in total. The van der Waals surface area contributed by atoms with E-state index in [1.807, 2.05) is 0 Å². The summed E-state index contributed by atoms with van der Waals surface area (Å²) in [6.45, 7) is 3.46. The van der Waals surface area contributed by atoms with Crippen LogP contribution in [0.3, 0.4) is 0 Å². The lowest BCUT2D eigenvalue weighted by atomic mass is 10.0. The summed E-state index contributed by atoms with van der Waals surface area (Å²) in [5.74, 6) is -1.25. The lowest BCUT2D eigenvalue weighted by molar-refractivity contribution is -0.138. The molecule has 4 N–H and O–H groups in total. The van der Waals surface area contributed by atoms with Gasteiger partial charge in [0.15, 0.2) is 0 Å². The number of rotatable bonds is 5. The van der Waals surface area contributed by atoms with E-state index in [0.717, 1.165) is 0 Å². The fourth-order valence-corrected chi connectivity index (χ4v) is 2.22. The maximum Gasteiger partial charge on any atom is 0.326 e. The summed E-state index contributed by atoms with van der Waals surface area (Å²) in [5, 5.41) is 16.8. The first-order valence-corrected chi connectivity index (χ1v) is 6.89. The van der Waals surface area contributed by atoms with Crippen LogP contribution in [0.4, 0.5) is 5.69 Å². The van der Waals surface area contributed by atoms with Crippen molar-refractivity contribution in [3.63, 3.8) is 0 Å². The third-order valence-electron chi connectivity index (χ3n) is 2.44. The standard InChI is InChI=1S/C11H16N2O4S/c1-7(2)10(11(14)15)13-8-5-3-4-6-9(8)18(12,16)17/h3-7,10,13H,1-2H3,(H,14,15)(H2,12,16,17). The second kappa shape index (κ2) is 5.36. The highest BCUT2D eigenvalue weighted by molar-refractivity contribution is 7.89. The highest BCUT2D eigenvalue weighted by Gasteiger charge is 2.23. The van der Waals surface area contributed by atoms with Crippen molar-refractivity contribution in [3.8, 4) is 0 Å². The highest BCUT2D eigenvalue weighted by atomic mass is 32.2. The molecule has 1 unspecified atom stereocenters. The number of anilines is 1. The molecule has 0 aromatic heterocycles. The van der Waals surface area contributed by atoms with E-state index in [2.05, 4.69) is 5.32 Å². The number of carboxylic acids is 1. The molecule has 0 heterocycles. The number of carbonyl (C=O) groups is 1. The Hall–Kier alpha value is -1.60. The number of hydrogen-bond acceptors (Lipinski definition) is 4. The third-order valence-corrected chi connectivity index (χ3v) is 3.41. The Balaban J connectivity index is 3.15. The van der Waals surface area contributed by atoms with Crippen LogP contribution < -0.4 is 10.5 Å². The molecule has 0 saturated heterocycles. The third kappa shape index (κ3) is 3.44. The van der Waals surface area contributed by atoms with Crippen LogP contribution in [0.5, 0.6) is 0 Å². The summed E-state index contributed by atoms with van der Waals surface area (Å²) >= 11 is 0. The summed E-state index contributed by atoms with van der Waals surface area (Å²) in [6, 6.07) is 5.06. The predicted molar refractivity (Wildman–Crippen MR) is 67.7 cm³/mol. The molecule has 0 radical (unpaired) electrons. The second-order valence-corrected chi connectivity index (χ2v) is 5.78. The van der Waals surface area contributed by atoms with Crippen molar-refractivity contribution in [1.82, 2.24) is 0 Å². The van der Waals surface area contributed by atoms with Gasteiger partial charge in [-0.25, -0.2) is 18.4 Å². The van der Waals surface area contributed by atoms with Crippen molar-refractivity contribution in [2.45, 2.75) is 24.8 Å². The van der Waals surface area contributed by atoms with Crippen LogP contribution in [-0.2, 0) is 14.8 Å². The number of aliphatic carboxylic acids is 1. The van der Waals surface area contributed by atoms with E-state index in [-0.39, 0.29) is 16.5 Å². The van der Waals surface area contributed by atoms with Gasteiger partial charge in [-0.05, 0) is 18.1 Å². The molecule has 0 saturated carbocycles. The number of sulfonamides is 1. The minimum Gasteiger partial charge on any atom is -0.480 e. The zero-order valence-corrected chi connectivity index (χ0v) is 10.9. The molecular weight excluding hydrogens is 256 g/mol. The van der Waals surface area contributed by atoms with E-state index in [9.17, 15) is 13.2 Å². The Morgan fingerprint density at radius 3 is 2.33 bits per heavy atom. The van der Waals surface area contributed by atoms with Crippen molar-refractivity contribution in [2.24, 2.45) is 11.1 Å². The van der Waals surface area contributed by atoms with Crippen LogP contribution in [0.1, 0.15) is 13.8 Å². The predicted octanol–water partition coefficient (Wildman–Crippen LogP) is 0.855. The van der Waals surface area contributed by atoms with Gasteiger partial charge in [-0.1, -0.05) is 26.0 Å². The van der Waals surface area contributed by atoms with Crippen molar-refractivity contribution in [1.29, 1.82) is 0 Å². The van der Waals surface area contributed by atoms with Crippen LogP contribution in [0.25, 0.3) is 0 Å². The monoisotopic (exact) mass is 272 g/mol. The molecule has 0 amide bonds. The van der Waals surface area contributed by atoms with E-state index >= 15 is 0 Å². The SMILES string of the molecule is CC(C)C(Nc1ccccc1S(N)(=O)=O)C(=O)O. The van der Waals surface area contributed by atoms with Gasteiger partial charge in [0.1, 0.15) is 10.9 Å². The molecule has 7 heteroatoms. The fraction of sp³-hybridized carbons (Fsp3) is 0.364. The summed E-state index contributed by atoms with van der Waals surface area (Å²) in [4.78, 5) is 10.9. The maximum absolute atomic E-state index is 11.4. The van der Waals surface area contributed by atoms with Gasteiger partial charge in [0.25, 0.3) is 0 Å². The molecule has 0 aliphatic rings. The number of para-hydroxylation sites is 1. The quantitative estimate of drug-likeness (QED) is 0.736. The first-order valence-electron chi connectivity index (χ1n) is 5.34. The van der Waals surface area contributed by atoms with Gasteiger partial charge in [-0.3, -0.25) is 0 Å². The van der Waals surface area contributed by atoms with E-state index < -0.39 is 22.0 Å².